The van der Waals surface area contributed by atoms with Crippen molar-refractivity contribution >= 4 is 17.7 Å². The van der Waals surface area contributed by atoms with E-state index in [4.69, 9.17) is 11.6 Å². The van der Waals surface area contributed by atoms with Gasteiger partial charge in [-0.15, -0.1) is 11.6 Å². The first-order chi connectivity index (χ1) is 3.41. The maximum absolute atomic E-state index is 9.29. The predicted molar refractivity (Wildman–Crippen MR) is 28.0 cm³/mol. The summed E-state index contributed by atoms with van der Waals surface area (Å²) in [5.41, 5.74) is 0. The second-order valence-electron chi connectivity index (χ2n) is 0.759. The monoisotopic (exact) mass is 117 g/mol. The largest absolute Gasteiger partial charge is 0.239 e. The van der Waals surface area contributed by atoms with Crippen LogP contribution in [0.3, 0.4) is 0 Å². The van der Waals surface area contributed by atoms with Crippen molar-refractivity contribution in [2.45, 2.75) is 0 Å². The van der Waals surface area contributed by atoms with Crippen molar-refractivity contribution < 1.29 is 4.79 Å². The molecule has 0 aliphatic carbocycles. The highest BCUT2D eigenvalue weighted by molar-refractivity contribution is 6.18. The molecule has 0 atom stereocenters. The van der Waals surface area contributed by atoms with Gasteiger partial charge in [0.2, 0.25) is 6.08 Å². The Morgan fingerprint density at radius 2 is 2.57 bits per heavy atom. The van der Waals surface area contributed by atoms with E-state index in [1.807, 2.05) is 0 Å². The maximum Gasteiger partial charge on any atom is 0.239 e. The number of alkyl halides is 1. The number of hydrogen-bond acceptors (Lipinski definition) is 2. The van der Waals surface area contributed by atoms with Crippen LogP contribution in [0, 0.1) is 0 Å². The van der Waals surface area contributed by atoms with E-state index >= 15 is 0 Å². The first-order valence-corrected chi connectivity index (χ1v) is 2.23. The molecule has 0 aromatic heterocycles. The second-order valence-corrected chi connectivity index (χ2v) is 1.07. The van der Waals surface area contributed by atoms with Crippen LogP contribution < -0.4 is 0 Å². The summed E-state index contributed by atoms with van der Waals surface area (Å²) >= 11 is 5.16. The summed E-state index contributed by atoms with van der Waals surface area (Å²) in [5.74, 6) is 0.380. The molecule has 0 spiro atoms. The van der Waals surface area contributed by atoms with Crippen LogP contribution in [0.5, 0.6) is 0 Å². The molecule has 0 fully saturated rings. The Morgan fingerprint density at radius 3 is 3.00 bits per heavy atom. The molecule has 3 heteroatoms. The molecule has 0 aromatic carbocycles. The zero-order chi connectivity index (χ0) is 5.54. The van der Waals surface area contributed by atoms with Gasteiger partial charge in [0.05, 0.1) is 0 Å². The van der Waals surface area contributed by atoms with Gasteiger partial charge >= 0.3 is 0 Å². The van der Waals surface area contributed by atoms with Crippen LogP contribution in [-0.4, -0.2) is 12.0 Å². The molecular formula is C4H4ClNO. The number of carbonyl (C=O) groups excluding carboxylic acids is 1. The molecule has 2 nitrogen and oxygen atoms in total. The van der Waals surface area contributed by atoms with E-state index in [1.165, 1.54) is 12.3 Å². The fourth-order valence-electron chi connectivity index (χ4n) is 0.123. The van der Waals surface area contributed by atoms with Crippen molar-refractivity contribution in [1.82, 2.24) is 0 Å². The van der Waals surface area contributed by atoms with Crippen LogP contribution >= 0.6 is 11.6 Å². The molecule has 0 saturated carbocycles. The van der Waals surface area contributed by atoms with Crippen molar-refractivity contribution in [2.75, 3.05) is 5.88 Å². The highest BCUT2D eigenvalue weighted by Gasteiger charge is 1.60. The van der Waals surface area contributed by atoms with Crippen LogP contribution in [0.4, 0.5) is 0 Å². The summed E-state index contributed by atoms with van der Waals surface area (Å²) in [4.78, 5) is 12.4. The molecule has 0 aliphatic heterocycles. The number of allylic oxidation sites excluding steroid dienone is 1. The lowest BCUT2D eigenvalue weighted by Gasteiger charge is -1.64. The number of hydrogen-bond donors (Lipinski definition) is 0. The minimum Gasteiger partial charge on any atom is -0.211 e. The first kappa shape index (κ1) is 6.41. The minimum absolute atomic E-state index is 0.380. The summed E-state index contributed by atoms with van der Waals surface area (Å²) in [7, 11) is 0. The molecule has 0 rings (SSSR count). The van der Waals surface area contributed by atoms with Gasteiger partial charge in [-0.05, 0) is 0 Å². The lowest BCUT2D eigenvalue weighted by Crippen LogP contribution is -1.55. The standard InChI is InChI=1S/C4H4ClNO/c5-2-1-3-6-4-7/h1,3H,2H2/b3-1+. The summed E-state index contributed by atoms with van der Waals surface area (Å²) < 4.78 is 0. The van der Waals surface area contributed by atoms with Gasteiger partial charge in [0.15, 0.2) is 0 Å². The van der Waals surface area contributed by atoms with E-state index in [2.05, 4.69) is 4.99 Å². The van der Waals surface area contributed by atoms with E-state index in [1.54, 1.807) is 6.08 Å². The molecule has 0 bridgehead atoms. The van der Waals surface area contributed by atoms with Crippen LogP contribution in [-0.2, 0) is 4.79 Å². The molecule has 0 heterocycles. The fraction of sp³-hybridized carbons (Fsp3) is 0.250. The molecule has 7 heavy (non-hydrogen) atoms. The molecular weight excluding hydrogens is 114 g/mol. The summed E-state index contributed by atoms with van der Waals surface area (Å²) in [5, 5.41) is 0. The van der Waals surface area contributed by atoms with Gasteiger partial charge in [0.1, 0.15) is 0 Å². The normalized spacial score (nSPS) is 8.71. The Hall–Kier alpha value is -0.590. The molecule has 0 aliphatic rings. The van der Waals surface area contributed by atoms with Crippen molar-refractivity contribution in [2.24, 2.45) is 4.99 Å². The number of halogens is 1. The maximum atomic E-state index is 9.29. The van der Waals surface area contributed by atoms with E-state index in [0.29, 0.717) is 5.88 Å². The van der Waals surface area contributed by atoms with Gasteiger partial charge in [-0.25, -0.2) is 4.79 Å². The highest BCUT2D eigenvalue weighted by atomic mass is 35.5. The summed E-state index contributed by atoms with van der Waals surface area (Å²) in [6, 6.07) is 0. The number of isocyanates is 1. The smallest absolute Gasteiger partial charge is 0.211 e. The van der Waals surface area contributed by atoms with Crippen molar-refractivity contribution in [3.05, 3.63) is 12.3 Å². The lowest BCUT2D eigenvalue weighted by atomic mass is 10.7. The van der Waals surface area contributed by atoms with E-state index < -0.39 is 0 Å². The van der Waals surface area contributed by atoms with Crippen molar-refractivity contribution in [3.63, 3.8) is 0 Å². The fourth-order valence-corrected chi connectivity index (χ4v) is 0.203. The molecule has 0 unspecified atom stereocenters. The van der Waals surface area contributed by atoms with Crippen molar-refractivity contribution in [1.29, 1.82) is 0 Å². The van der Waals surface area contributed by atoms with Gasteiger partial charge < -0.3 is 0 Å². The quantitative estimate of drug-likeness (QED) is 0.302. The van der Waals surface area contributed by atoms with Crippen LogP contribution in [0.25, 0.3) is 0 Å². The van der Waals surface area contributed by atoms with Crippen LogP contribution in [0.2, 0.25) is 0 Å². The second kappa shape index (κ2) is 5.41. The van der Waals surface area contributed by atoms with Gasteiger partial charge in [0, 0.05) is 12.1 Å². The predicted octanol–water partition coefficient (Wildman–Crippen LogP) is 1.07. The summed E-state index contributed by atoms with van der Waals surface area (Å²) in [6.45, 7) is 0. The lowest BCUT2D eigenvalue weighted by molar-refractivity contribution is 0.565. The average Bonchev–Trinajstić information content (AvgIpc) is 1.69. The minimum atomic E-state index is 0.380. The number of nitrogens with zero attached hydrogens (tertiary/aromatic N) is 1. The molecule has 0 amide bonds. The van der Waals surface area contributed by atoms with Crippen LogP contribution in [0.1, 0.15) is 0 Å². The zero-order valence-electron chi connectivity index (χ0n) is 3.60. The Bertz CT molecular complexity index is 104. The third-order valence-electron chi connectivity index (χ3n) is 0.322. The van der Waals surface area contributed by atoms with E-state index in [0.717, 1.165) is 0 Å². The molecule has 0 saturated heterocycles. The van der Waals surface area contributed by atoms with Crippen molar-refractivity contribution in [3.8, 4) is 0 Å². The van der Waals surface area contributed by atoms with E-state index in [9.17, 15) is 4.79 Å². The van der Waals surface area contributed by atoms with Gasteiger partial charge in [-0.2, -0.15) is 4.99 Å². The summed E-state index contributed by atoms with van der Waals surface area (Å²) in [6.07, 6.45) is 4.19. The molecule has 0 N–H and O–H groups in total. The average molecular weight is 118 g/mol. The molecule has 0 aromatic rings. The first-order valence-electron chi connectivity index (χ1n) is 1.69. The Labute approximate surface area is 46.5 Å². The van der Waals surface area contributed by atoms with Gasteiger partial charge in [-0.3, -0.25) is 0 Å². The zero-order valence-corrected chi connectivity index (χ0v) is 4.35. The van der Waals surface area contributed by atoms with Crippen LogP contribution in [0.15, 0.2) is 17.3 Å². The number of aliphatic imine (C=N–C) groups is 1. The highest BCUT2D eigenvalue weighted by Crippen LogP contribution is 1.75. The third-order valence-corrected chi connectivity index (χ3v) is 0.500. The SMILES string of the molecule is O=C=N/C=C/CCl. The Kier molecular flexibility index (Phi) is 4.95. The van der Waals surface area contributed by atoms with E-state index in [-0.39, 0.29) is 0 Å². The third kappa shape index (κ3) is 5.41. The van der Waals surface area contributed by atoms with Gasteiger partial charge in [-0.1, -0.05) is 6.08 Å². The molecule has 0 radical (unpaired) electrons. The number of rotatable bonds is 2. The Morgan fingerprint density at radius 1 is 1.86 bits per heavy atom. The van der Waals surface area contributed by atoms with Gasteiger partial charge in [0.25, 0.3) is 0 Å². The topological polar surface area (TPSA) is 29.4 Å². The Balaban J connectivity index is 3.27. The molecule has 38 valence electrons.